The van der Waals surface area contributed by atoms with Gasteiger partial charge in [-0.2, -0.15) is 0 Å². The van der Waals surface area contributed by atoms with Crippen LogP contribution in [0.25, 0.3) is 0 Å². The lowest BCUT2D eigenvalue weighted by molar-refractivity contribution is 0.147. The summed E-state index contributed by atoms with van der Waals surface area (Å²) in [6.45, 7) is 5.85. The van der Waals surface area contributed by atoms with Crippen LogP contribution >= 0.6 is 0 Å². The normalized spacial score (nSPS) is 25.1. The Bertz CT molecular complexity index is 433. The van der Waals surface area contributed by atoms with Gasteiger partial charge < -0.3 is 4.90 Å². The van der Waals surface area contributed by atoms with Crippen LogP contribution < -0.4 is 0 Å². The molecular formula is C15H21N3. The monoisotopic (exact) mass is 243 g/mol. The highest BCUT2D eigenvalue weighted by molar-refractivity contribution is 5.83. The van der Waals surface area contributed by atoms with Crippen LogP contribution in [-0.4, -0.2) is 61.8 Å². The standard InChI is InChI=1S/C15H21N3/c1-17-6-8-18(9-7-17)12-15-10-13-4-2-3-5-14(13)11-16-15/h2-5,11,15H,6-10,12H2,1H3/t15-/m0/s1. The molecule has 0 aliphatic carbocycles. The molecule has 2 aliphatic rings. The van der Waals surface area contributed by atoms with E-state index in [-0.39, 0.29) is 0 Å². The summed E-state index contributed by atoms with van der Waals surface area (Å²) >= 11 is 0. The molecule has 1 aromatic carbocycles. The summed E-state index contributed by atoms with van der Waals surface area (Å²) in [5.74, 6) is 0. The van der Waals surface area contributed by atoms with E-state index in [0.29, 0.717) is 6.04 Å². The second kappa shape index (κ2) is 5.21. The summed E-state index contributed by atoms with van der Waals surface area (Å²) < 4.78 is 0. The molecule has 96 valence electrons. The average molecular weight is 243 g/mol. The van der Waals surface area contributed by atoms with Crippen LogP contribution in [0.5, 0.6) is 0 Å². The van der Waals surface area contributed by atoms with Crippen LogP contribution in [0, 0.1) is 0 Å². The van der Waals surface area contributed by atoms with Crippen LogP contribution in [0.2, 0.25) is 0 Å². The topological polar surface area (TPSA) is 18.8 Å². The van der Waals surface area contributed by atoms with E-state index >= 15 is 0 Å². The molecule has 3 heteroatoms. The molecule has 0 radical (unpaired) electrons. The van der Waals surface area contributed by atoms with E-state index in [0.717, 1.165) is 13.0 Å². The van der Waals surface area contributed by atoms with Crippen molar-refractivity contribution >= 4 is 6.21 Å². The molecule has 3 rings (SSSR count). The molecule has 18 heavy (non-hydrogen) atoms. The molecule has 2 heterocycles. The molecule has 0 bridgehead atoms. The Morgan fingerprint density at radius 2 is 1.94 bits per heavy atom. The summed E-state index contributed by atoms with van der Waals surface area (Å²) in [6, 6.07) is 9.06. The molecule has 0 aromatic heterocycles. The van der Waals surface area contributed by atoms with Gasteiger partial charge in [0.1, 0.15) is 0 Å². The number of hydrogen-bond donors (Lipinski definition) is 0. The van der Waals surface area contributed by atoms with Crippen molar-refractivity contribution in [2.45, 2.75) is 12.5 Å². The number of likely N-dealkylation sites (N-methyl/N-ethyl adjacent to an activating group) is 1. The maximum atomic E-state index is 4.70. The maximum Gasteiger partial charge on any atom is 0.0667 e. The molecule has 1 atom stereocenters. The summed E-state index contributed by atoms with van der Waals surface area (Å²) in [5, 5.41) is 0. The Kier molecular flexibility index (Phi) is 3.43. The molecule has 2 aliphatic heterocycles. The zero-order valence-electron chi connectivity index (χ0n) is 11.0. The van der Waals surface area contributed by atoms with Crippen molar-refractivity contribution in [1.82, 2.24) is 9.80 Å². The molecule has 0 amide bonds. The van der Waals surface area contributed by atoms with Crippen molar-refractivity contribution < 1.29 is 0 Å². The zero-order valence-corrected chi connectivity index (χ0v) is 11.0. The average Bonchev–Trinajstić information content (AvgIpc) is 2.41. The number of piperazine rings is 1. The number of benzene rings is 1. The maximum absolute atomic E-state index is 4.70. The summed E-state index contributed by atoms with van der Waals surface area (Å²) in [5.41, 5.74) is 2.75. The zero-order chi connectivity index (χ0) is 12.4. The molecular weight excluding hydrogens is 222 g/mol. The Balaban J connectivity index is 1.60. The van der Waals surface area contributed by atoms with Gasteiger partial charge in [-0.15, -0.1) is 0 Å². The summed E-state index contributed by atoms with van der Waals surface area (Å²) in [7, 11) is 2.20. The summed E-state index contributed by atoms with van der Waals surface area (Å²) in [6.07, 6.45) is 3.15. The first-order chi connectivity index (χ1) is 8.81. The predicted octanol–water partition coefficient (Wildman–Crippen LogP) is 1.28. The second-order valence-electron chi connectivity index (χ2n) is 5.44. The first kappa shape index (κ1) is 11.9. The third-order valence-corrected chi connectivity index (χ3v) is 4.00. The van der Waals surface area contributed by atoms with Crippen LogP contribution in [0.3, 0.4) is 0 Å². The van der Waals surface area contributed by atoms with Crippen LogP contribution in [-0.2, 0) is 6.42 Å². The summed E-state index contributed by atoms with van der Waals surface area (Å²) in [4.78, 5) is 9.65. The Morgan fingerprint density at radius 3 is 2.78 bits per heavy atom. The van der Waals surface area contributed by atoms with E-state index < -0.39 is 0 Å². The molecule has 1 saturated heterocycles. The minimum atomic E-state index is 0.448. The van der Waals surface area contributed by atoms with E-state index in [1.165, 1.54) is 37.3 Å². The molecule has 1 fully saturated rings. The van der Waals surface area contributed by atoms with Crippen LogP contribution in [0.1, 0.15) is 11.1 Å². The van der Waals surface area contributed by atoms with Crippen LogP contribution in [0.15, 0.2) is 29.3 Å². The molecule has 0 spiro atoms. The number of nitrogens with zero attached hydrogens (tertiary/aromatic N) is 3. The third kappa shape index (κ3) is 2.62. The Hall–Kier alpha value is -1.19. The van der Waals surface area contributed by atoms with Gasteiger partial charge in [0.2, 0.25) is 0 Å². The second-order valence-corrected chi connectivity index (χ2v) is 5.44. The van der Waals surface area contributed by atoms with Gasteiger partial charge in [0.25, 0.3) is 0 Å². The first-order valence-electron chi connectivity index (χ1n) is 6.83. The largest absolute Gasteiger partial charge is 0.304 e. The van der Waals surface area contributed by atoms with Crippen molar-refractivity contribution in [2.24, 2.45) is 4.99 Å². The fourth-order valence-electron chi connectivity index (χ4n) is 2.78. The van der Waals surface area contributed by atoms with Crippen LogP contribution in [0.4, 0.5) is 0 Å². The third-order valence-electron chi connectivity index (χ3n) is 4.00. The predicted molar refractivity (Wildman–Crippen MR) is 75.5 cm³/mol. The van der Waals surface area contributed by atoms with Crippen molar-refractivity contribution in [3.63, 3.8) is 0 Å². The highest BCUT2D eigenvalue weighted by Crippen LogP contribution is 2.17. The lowest BCUT2D eigenvalue weighted by atomic mass is 9.98. The lowest BCUT2D eigenvalue weighted by Crippen LogP contribution is -2.47. The lowest BCUT2D eigenvalue weighted by Gasteiger charge is -2.34. The van der Waals surface area contributed by atoms with Gasteiger partial charge in [-0.3, -0.25) is 9.89 Å². The van der Waals surface area contributed by atoms with E-state index in [1.807, 2.05) is 0 Å². The van der Waals surface area contributed by atoms with Crippen molar-refractivity contribution in [1.29, 1.82) is 0 Å². The van der Waals surface area contributed by atoms with E-state index in [9.17, 15) is 0 Å². The fourth-order valence-corrected chi connectivity index (χ4v) is 2.78. The first-order valence-corrected chi connectivity index (χ1v) is 6.83. The van der Waals surface area contributed by atoms with Gasteiger partial charge in [0.05, 0.1) is 6.04 Å². The van der Waals surface area contributed by atoms with E-state index in [1.54, 1.807) is 0 Å². The molecule has 0 N–H and O–H groups in total. The number of fused-ring (bicyclic) bond motifs is 1. The van der Waals surface area contributed by atoms with E-state index in [2.05, 4.69) is 47.3 Å². The fraction of sp³-hybridized carbons (Fsp3) is 0.533. The highest BCUT2D eigenvalue weighted by Gasteiger charge is 2.20. The molecule has 1 aromatic rings. The number of aliphatic imine (C=N–C) groups is 1. The van der Waals surface area contributed by atoms with Gasteiger partial charge in [-0.1, -0.05) is 24.3 Å². The minimum absolute atomic E-state index is 0.448. The Morgan fingerprint density at radius 1 is 1.17 bits per heavy atom. The van der Waals surface area contributed by atoms with Crippen molar-refractivity contribution in [3.8, 4) is 0 Å². The number of rotatable bonds is 2. The minimum Gasteiger partial charge on any atom is -0.304 e. The SMILES string of the molecule is CN1CCN(C[C@@H]2Cc3ccccc3C=N2)CC1. The van der Waals surface area contributed by atoms with Gasteiger partial charge in [0.15, 0.2) is 0 Å². The van der Waals surface area contributed by atoms with Gasteiger partial charge >= 0.3 is 0 Å². The molecule has 0 unspecified atom stereocenters. The van der Waals surface area contributed by atoms with E-state index in [4.69, 9.17) is 4.99 Å². The van der Waals surface area contributed by atoms with Crippen molar-refractivity contribution in [3.05, 3.63) is 35.4 Å². The van der Waals surface area contributed by atoms with Gasteiger partial charge in [-0.05, 0) is 24.6 Å². The molecule has 3 nitrogen and oxygen atoms in total. The Labute approximate surface area is 109 Å². The number of hydrogen-bond acceptors (Lipinski definition) is 3. The molecule has 0 saturated carbocycles. The smallest absolute Gasteiger partial charge is 0.0667 e. The van der Waals surface area contributed by atoms with Gasteiger partial charge in [0, 0.05) is 38.9 Å². The van der Waals surface area contributed by atoms with Crippen molar-refractivity contribution in [2.75, 3.05) is 39.8 Å². The quantitative estimate of drug-likeness (QED) is 0.779. The highest BCUT2D eigenvalue weighted by atomic mass is 15.2. The van der Waals surface area contributed by atoms with Gasteiger partial charge in [-0.25, -0.2) is 0 Å².